The van der Waals surface area contributed by atoms with E-state index in [2.05, 4.69) is 464 Å². The van der Waals surface area contributed by atoms with Crippen LogP contribution in [0.15, 0.2) is 273 Å². The summed E-state index contributed by atoms with van der Waals surface area (Å²) in [6.45, 7) is 59.7. The highest BCUT2D eigenvalue weighted by Gasteiger charge is 2.47. The van der Waals surface area contributed by atoms with Gasteiger partial charge in [0.15, 0.2) is 5.82 Å². The molecule has 15 aromatic carbocycles. The molecule has 136 heavy (non-hydrogen) atoms. The van der Waals surface area contributed by atoms with E-state index in [0.29, 0.717) is 5.82 Å². The Hall–Kier alpha value is -13.0. The molecule has 4 aliphatic rings. The van der Waals surface area contributed by atoms with Crippen LogP contribution in [0.25, 0.3) is 188 Å². The molecule has 5 aromatic heterocycles. The van der Waals surface area contributed by atoms with Crippen molar-refractivity contribution in [2.24, 2.45) is 0 Å². The van der Waals surface area contributed by atoms with Crippen molar-refractivity contribution in [3.63, 3.8) is 0 Å². The van der Waals surface area contributed by atoms with Crippen LogP contribution < -0.4 is 21.9 Å². The van der Waals surface area contributed by atoms with Crippen molar-refractivity contribution in [2.75, 3.05) is 0 Å². The smallest absolute Gasteiger partial charge is 0.333 e. The van der Waals surface area contributed by atoms with E-state index in [0.717, 1.165) is 40.9 Å². The van der Waals surface area contributed by atoms with Crippen LogP contribution >= 0.6 is 0 Å². The van der Waals surface area contributed by atoms with Gasteiger partial charge in [-0.3, -0.25) is 0 Å². The first-order valence-electron chi connectivity index (χ1n) is 49.8. The summed E-state index contributed by atoms with van der Waals surface area (Å²) in [6.07, 6.45) is 1.93. The van der Waals surface area contributed by atoms with Crippen LogP contribution in [0.2, 0.25) is 0 Å². The average molecular weight is 1770 g/mol. The highest BCUT2D eigenvalue weighted by molar-refractivity contribution is 6.91. The summed E-state index contributed by atoms with van der Waals surface area (Å²) in [4.78, 5) is 10.9. The van der Waals surface area contributed by atoms with Gasteiger partial charge >= 0.3 is 13.7 Å². The molecule has 0 amide bonds. The van der Waals surface area contributed by atoms with Crippen molar-refractivity contribution in [2.45, 2.75) is 235 Å². The second-order valence-electron chi connectivity index (χ2n) is 49.4. The summed E-state index contributed by atoms with van der Waals surface area (Å²) in [6, 6.07) is 108. The van der Waals surface area contributed by atoms with Gasteiger partial charge in [0, 0.05) is 104 Å². The molecular weight excluding hydrogens is 1640 g/mol. The van der Waals surface area contributed by atoms with E-state index in [1.807, 2.05) is 0 Å². The molecule has 0 radical (unpaired) electrons. The van der Waals surface area contributed by atoms with Gasteiger partial charge in [-0.1, -0.05) is 337 Å². The summed E-state index contributed by atoms with van der Waals surface area (Å²) in [5.41, 5.74) is 44.3. The Morgan fingerprint density at radius 3 is 1.16 bits per heavy atom. The van der Waals surface area contributed by atoms with Gasteiger partial charge in [-0.15, -0.1) is 0 Å². The Labute approximate surface area is 803 Å². The number of nitrogens with zero attached hydrogens (tertiary/aromatic N) is 6. The zero-order chi connectivity index (χ0) is 94.7. The molecule has 0 atom stereocenters. The van der Waals surface area contributed by atoms with E-state index in [-0.39, 0.29) is 62.4 Å². The molecule has 0 bridgehead atoms. The van der Waals surface area contributed by atoms with Gasteiger partial charge in [-0.2, -0.15) is 0 Å². The van der Waals surface area contributed by atoms with Gasteiger partial charge in [-0.25, -0.2) is 9.97 Å². The van der Waals surface area contributed by atoms with Crippen LogP contribution in [0.3, 0.4) is 0 Å². The zero-order valence-electron chi connectivity index (χ0n) is 84.2. The van der Waals surface area contributed by atoms with Gasteiger partial charge in [-0.05, 0) is 287 Å². The summed E-state index contributed by atoms with van der Waals surface area (Å²) in [5.74, 6) is 0.710. The first-order valence-corrected chi connectivity index (χ1v) is 49.8. The molecule has 20 aromatic rings. The molecule has 0 spiro atoms. The average Bonchev–Trinajstić information content (AvgIpc) is 1.50. The van der Waals surface area contributed by atoms with Crippen LogP contribution in [0.5, 0.6) is 0 Å². The van der Waals surface area contributed by atoms with E-state index in [1.165, 1.54) is 226 Å². The molecule has 0 N–H and O–H groups in total. The topological polar surface area (TPSA) is 45.5 Å². The Kier molecular flexibility index (Phi) is 18.2. The van der Waals surface area contributed by atoms with E-state index in [4.69, 9.17) is 9.97 Å². The second-order valence-corrected chi connectivity index (χ2v) is 49.4. The molecule has 8 heteroatoms. The third-order valence-electron chi connectivity index (χ3n) is 32.1. The Bertz CT molecular complexity index is 8540. The molecule has 672 valence electrons. The molecule has 9 heterocycles. The van der Waals surface area contributed by atoms with Crippen LogP contribution in [-0.2, 0) is 48.7 Å². The van der Waals surface area contributed by atoms with Crippen LogP contribution in [0.1, 0.15) is 236 Å². The van der Waals surface area contributed by atoms with Crippen molar-refractivity contribution >= 4 is 134 Å². The van der Waals surface area contributed by atoms with E-state index in [9.17, 15) is 0 Å². The molecule has 0 saturated carbocycles. The fourth-order valence-corrected chi connectivity index (χ4v) is 23.7. The molecule has 24 rings (SSSR count). The van der Waals surface area contributed by atoms with Crippen molar-refractivity contribution < 1.29 is 0 Å². The second kappa shape index (κ2) is 28.8. The number of hydrogen-bond acceptors (Lipinski definition) is 2. The summed E-state index contributed by atoms with van der Waals surface area (Å²) in [7, 11) is 0. The number of hydrogen-bond donors (Lipinski definition) is 0. The fourth-order valence-electron chi connectivity index (χ4n) is 23.7. The van der Waals surface area contributed by atoms with Crippen molar-refractivity contribution in [3.8, 4) is 89.8 Å². The zero-order valence-corrected chi connectivity index (χ0v) is 84.2. The van der Waals surface area contributed by atoms with E-state index in [1.54, 1.807) is 0 Å². The maximum absolute atomic E-state index is 5.47. The first kappa shape index (κ1) is 85.9. The van der Waals surface area contributed by atoms with E-state index >= 15 is 0 Å². The quantitative estimate of drug-likeness (QED) is 0.128. The Morgan fingerprint density at radius 2 is 0.625 bits per heavy atom. The lowest BCUT2D eigenvalue weighted by Gasteiger charge is -2.37. The minimum absolute atomic E-state index is 0.0206. The number of fused-ring (bicyclic) bond motifs is 22. The lowest BCUT2D eigenvalue weighted by molar-refractivity contribution is 0.375. The van der Waals surface area contributed by atoms with Crippen molar-refractivity contribution in [1.29, 1.82) is 0 Å². The SMILES string of the molecule is CC(C)(C)c1cccc(-c2ccc3c(ccc4c3c3cc(-c5ccc(C(C)(C)CCC(C)(C)c6cc7c8c(c6)c6cc(C(C)(C)C)ccc6n8-c6cc(C(C)(C)C)cc8c6B7n6c7ccc(-c9nc(-c%10ccccc%10)cc(-c%10ccccc%10)n9)cc7c7cc(C(C)(C)C)cc-8c76)cc5)cc5c3n4B3c4c-5cc(C(C)(C)C)cc4-n4c5ccc(C(C)(C)C)cc5c5cc(C(C)(C)C)cc3c54)c2)c1. The largest absolute Gasteiger partial charge is 0.375 e. The maximum atomic E-state index is 5.47. The highest BCUT2D eigenvalue weighted by atomic mass is 15.0. The lowest BCUT2D eigenvalue weighted by Crippen LogP contribution is -2.55. The van der Waals surface area contributed by atoms with Crippen LogP contribution in [0.4, 0.5) is 0 Å². The molecule has 6 nitrogen and oxygen atoms in total. The van der Waals surface area contributed by atoms with Gasteiger partial charge in [0.1, 0.15) is 0 Å². The molecule has 0 fully saturated rings. The predicted octanol–water partition coefficient (Wildman–Crippen LogP) is 31.4. The van der Waals surface area contributed by atoms with Gasteiger partial charge in [0.2, 0.25) is 0 Å². The van der Waals surface area contributed by atoms with Gasteiger partial charge < -0.3 is 18.1 Å². The van der Waals surface area contributed by atoms with Gasteiger partial charge in [0.25, 0.3) is 0 Å². The van der Waals surface area contributed by atoms with Crippen LogP contribution in [-0.4, -0.2) is 41.8 Å². The lowest BCUT2D eigenvalue weighted by atomic mass is 9.45. The normalized spacial score (nSPS) is 13.9. The summed E-state index contributed by atoms with van der Waals surface area (Å²) in [5, 5.41) is 12.9. The Balaban J connectivity index is 0.657. The fraction of sp³-hybridized carbons (Fsp3) is 0.281. The molecule has 0 aliphatic carbocycles. The molecule has 4 aliphatic heterocycles. The van der Waals surface area contributed by atoms with Gasteiger partial charge in [0.05, 0.1) is 33.5 Å². The maximum Gasteiger partial charge on any atom is 0.333 e. The third-order valence-corrected chi connectivity index (χ3v) is 32.1. The minimum atomic E-state index is -0.268. The number of benzene rings is 15. The van der Waals surface area contributed by atoms with E-state index < -0.39 is 0 Å². The number of rotatable bonds is 10. The summed E-state index contributed by atoms with van der Waals surface area (Å²) < 4.78 is 11.0. The first-order chi connectivity index (χ1) is 64.3. The van der Waals surface area contributed by atoms with Crippen molar-refractivity contribution in [1.82, 2.24) is 28.1 Å². The monoisotopic (exact) mass is 1770 g/mol. The highest BCUT2D eigenvalue weighted by Crippen LogP contribution is 2.54. The predicted molar refractivity (Wildman–Crippen MR) is 586 cm³/mol. The molecule has 0 saturated heterocycles. The third kappa shape index (κ3) is 13.1. The minimum Gasteiger partial charge on any atom is -0.375 e. The standard InChI is InChI=1S/C128H124B2N6/c1-120(2,3)82-38-32-37-76(56-82)77-41-48-90-78(55-77)42-50-109-112(90)101-59-80(58-96-94-62-87(125(16,17)18)70-110-113(94)130(136(109)116(96)101)102-68-86(124(13,14)15)66-98-92-60-83(121(4,5)6)46-51-106(92)133(110)117(98)102)73-39-44-81(45-40-73)127(22,23)53-54-128(24,25)89-67-99-93-61-84(122(7,8)9)47-52-107(93)134-111-71-88(126(19,20)21)63-95-100-65-85(123(10,11)12)64-97-91-57-79(43-49-108(91)135(115(97)100)129(114(95)111)103(69-89)118(99)134)119-131-104(74-33-28-26-29-34-74)72-105(132-119)75-35-30-27-31-36-75/h26-52,55-72H,53-54H2,1-25H3. The Morgan fingerprint density at radius 1 is 0.235 bits per heavy atom. The molecule has 0 unspecified atom stereocenters. The molecular formula is C128H124B2N6. The van der Waals surface area contributed by atoms with Crippen LogP contribution in [0, 0.1) is 0 Å². The van der Waals surface area contributed by atoms with Crippen molar-refractivity contribution in [3.05, 3.63) is 323 Å². The number of aromatic nitrogens is 6. The summed E-state index contributed by atoms with van der Waals surface area (Å²) >= 11 is 0.